The predicted octanol–water partition coefficient (Wildman–Crippen LogP) is 3.17. The third-order valence-electron chi connectivity index (χ3n) is 4.35. The van der Waals surface area contributed by atoms with E-state index in [9.17, 15) is 0 Å². The Hall–Kier alpha value is -0.390. The van der Waals surface area contributed by atoms with Crippen LogP contribution in [0.25, 0.3) is 0 Å². The molecule has 1 aromatic heterocycles. The van der Waals surface area contributed by atoms with Crippen molar-refractivity contribution in [1.29, 1.82) is 0 Å². The Bertz CT molecular complexity index is 405. The summed E-state index contributed by atoms with van der Waals surface area (Å²) in [4.78, 5) is 0. The molecule has 1 aliphatic carbocycles. The van der Waals surface area contributed by atoms with Crippen molar-refractivity contribution in [2.75, 3.05) is 6.61 Å². The Kier molecular flexibility index (Phi) is 4.69. The smallest absolute Gasteiger partial charge is 0.0889 e. The standard InChI is InChI=1S/C14H24BrN3O/c1-4-19-14(7-5-10(2)6-8-14)13(16)12-11(15)9-17-18(12)3/h9-10,13H,4-8,16H2,1-3H3. The molecule has 19 heavy (non-hydrogen) atoms. The summed E-state index contributed by atoms with van der Waals surface area (Å²) < 4.78 is 8.95. The second-order valence-electron chi connectivity index (χ2n) is 5.66. The van der Waals surface area contributed by atoms with Gasteiger partial charge in [-0.1, -0.05) is 6.92 Å². The third-order valence-corrected chi connectivity index (χ3v) is 4.96. The molecule has 1 atom stereocenters. The van der Waals surface area contributed by atoms with Gasteiger partial charge in [0.2, 0.25) is 0 Å². The van der Waals surface area contributed by atoms with Crippen molar-refractivity contribution in [3.8, 4) is 0 Å². The summed E-state index contributed by atoms with van der Waals surface area (Å²) in [6.45, 7) is 5.06. The molecule has 0 saturated heterocycles. The molecule has 1 unspecified atom stereocenters. The van der Waals surface area contributed by atoms with Crippen LogP contribution >= 0.6 is 15.9 Å². The van der Waals surface area contributed by atoms with E-state index in [1.54, 1.807) is 6.20 Å². The van der Waals surface area contributed by atoms with Crippen molar-refractivity contribution in [3.63, 3.8) is 0 Å². The summed E-state index contributed by atoms with van der Waals surface area (Å²) in [5, 5.41) is 4.27. The molecule has 0 bridgehead atoms. The van der Waals surface area contributed by atoms with Gasteiger partial charge in [0.05, 0.1) is 28.0 Å². The number of aryl methyl sites for hydroxylation is 1. The molecule has 5 heteroatoms. The fraction of sp³-hybridized carbons (Fsp3) is 0.786. The van der Waals surface area contributed by atoms with Gasteiger partial charge >= 0.3 is 0 Å². The lowest BCUT2D eigenvalue weighted by atomic mass is 9.74. The normalized spacial score (nSPS) is 29.4. The van der Waals surface area contributed by atoms with Gasteiger partial charge in [-0.2, -0.15) is 5.10 Å². The molecule has 0 spiro atoms. The van der Waals surface area contributed by atoms with Gasteiger partial charge in [0.15, 0.2) is 0 Å². The van der Waals surface area contributed by atoms with Crippen LogP contribution in [0, 0.1) is 5.92 Å². The topological polar surface area (TPSA) is 53.1 Å². The lowest BCUT2D eigenvalue weighted by Gasteiger charge is -2.43. The molecule has 1 aliphatic rings. The maximum atomic E-state index is 6.57. The largest absolute Gasteiger partial charge is 0.373 e. The van der Waals surface area contributed by atoms with Crippen LogP contribution in [0.1, 0.15) is 51.3 Å². The first kappa shape index (κ1) is 15.0. The minimum atomic E-state index is -0.239. The molecule has 1 saturated carbocycles. The van der Waals surface area contributed by atoms with Gasteiger partial charge < -0.3 is 10.5 Å². The Balaban J connectivity index is 2.29. The maximum Gasteiger partial charge on any atom is 0.0889 e. The SMILES string of the molecule is CCOC1(C(N)c2c(Br)cnn2C)CCC(C)CC1. The van der Waals surface area contributed by atoms with Crippen LogP contribution in [0.3, 0.4) is 0 Å². The Morgan fingerprint density at radius 3 is 2.68 bits per heavy atom. The molecule has 1 aromatic rings. The lowest BCUT2D eigenvalue weighted by molar-refractivity contribution is -0.0911. The van der Waals surface area contributed by atoms with E-state index >= 15 is 0 Å². The van der Waals surface area contributed by atoms with Crippen molar-refractivity contribution in [3.05, 3.63) is 16.4 Å². The van der Waals surface area contributed by atoms with E-state index in [4.69, 9.17) is 10.5 Å². The summed E-state index contributed by atoms with van der Waals surface area (Å²) in [5.74, 6) is 0.774. The number of nitrogens with zero attached hydrogens (tertiary/aromatic N) is 2. The molecular weight excluding hydrogens is 306 g/mol. The third kappa shape index (κ3) is 2.88. The van der Waals surface area contributed by atoms with E-state index in [1.165, 1.54) is 12.8 Å². The Labute approximate surface area is 123 Å². The minimum absolute atomic E-state index is 0.137. The van der Waals surface area contributed by atoms with Crippen molar-refractivity contribution >= 4 is 15.9 Å². The van der Waals surface area contributed by atoms with Crippen molar-refractivity contribution in [1.82, 2.24) is 9.78 Å². The number of rotatable bonds is 4. The molecule has 1 fully saturated rings. The predicted molar refractivity (Wildman–Crippen MR) is 79.8 cm³/mol. The van der Waals surface area contributed by atoms with E-state index in [-0.39, 0.29) is 11.6 Å². The number of hydrogen-bond donors (Lipinski definition) is 1. The number of ether oxygens (including phenoxy) is 1. The van der Waals surface area contributed by atoms with Crippen LogP contribution in [0.2, 0.25) is 0 Å². The van der Waals surface area contributed by atoms with Crippen LogP contribution in [-0.4, -0.2) is 22.0 Å². The van der Waals surface area contributed by atoms with E-state index in [1.807, 2.05) is 18.7 Å². The van der Waals surface area contributed by atoms with Crippen molar-refractivity contribution < 1.29 is 4.74 Å². The molecule has 2 N–H and O–H groups in total. The van der Waals surface area contributed by atoms with Crippen LogP contribution in [0.5, 0.6) is 0 Å². The Morgan fingerprint density at radius 2 is 2.21 bits per heavy atom. The second-order valence-corrected chi connectivity index (χ2v) is 6.51. The van der Waals surface area contributed by atoms with Crippen LogP contribution in [-0.2, 0) is 11.8 Å². The zero-order chi connectivity index (χ0) is 14.0. The monoisotopic (exact) mass is 329 g/mol. The Morgan fingerprint density at radius 1 is 1.58 bits per heavy atom. The highest BCUT2D eigenvalue weighted by Crippen LogP contribution is 2.43. The highest BCUT2D eigenvalue weighted by molar-refractivity contribution is 9.10. The molecule has 1 heterocycles. The van der Waals surface area contributed by atoms with Crippen LogP contribution in [0.4, 0.5) is 0 Å². The molecule has 108 valence electrons. The number of nitrogens with two attached hydrogens (primary N) is 1. The van der Waals surface area contributed by atoms with Gasteiger partial charge in [-0.3, -0.25) is 4.68 Å². The highest BCUT2D eigenvalue weighted by atomic mass is 79.9. The van der Waals surface area contributed by atoms with Crippen molar-refractivity contribution in [2.45, 2.75) is 51.2 Å². The van der Waals surface area contributed by atoms with Crippen LogP contribution in [0.15, 0.2) is 10.7 Å². The molecule has 0 aromatic carbocycles. The number of hydrogen-bond acceptors (Lipinski definition) is 3. The van der Waals surface area contributed by atoms with Gasteiger partial charge in [-0.25, -0.2) is 0 Å². The number of halogens is 1. The van der Waals surface area contributed by atoms with Gasteiger partial charge in [0.25, 0.3) is 0 Å². The molecule has 0 amide bonds. The minimum Gasteiger partial charge on any atom is -0.373 e. The second kappa shape index (κ2) is 5.94. The fourth-order valence-electron chi connectivity index (χ4n) is 3.10. The summed E-state index contributed by atoms with van der Waals surface area (Å²) in [7, 11) is 1.94. The van der Waals surface area contributed by atoms with E-state index in [0.717, 1.165) is 28.9 Å². The molecular formula is C14H24BrN3O. The number of aromatic nitrogens is 2. The first-order valence-corrected chi connectivity index (χ1v) is 7.86. The van der Waals surface area contributed by atoms with Gasteiger partial charge in [-0.05, 0) is 54.5 Å². The molecule has 0 aliphatic heterocycles. The molecule has 2 rings (SSSR count). The average Bonchev–Trinajstić information content (AvgIpc) is 2.71. The van der Waals surface area contributed by atoms with E-state index in [0.29, 0.717) is 6.61 Å². The summed E-state index contributed by atoms with van der Waals surface area (Å²) in [6, 6.07) is -0.137. The molecule has 0 radical (unpaired) electrons. The zero-order valence-electron chi connectivity index (χ0n) is 12.0. The zero-order valence-corrected chi connectivity index (χ0v) is 13.6. The van der Waals surface area contributed by atoms with Crippen molar-refractivity contribution in [2.24, 2.45) is 18.7 Å². The van der Waals surface area contributed by atoms with Gasteiger partial charge in [0, 0.05) is 13.7 Å². The fourth-order valence-corrected chi connectivity index (χ4v) is 3.70. The summed E-state index contributed by atoms with van der Waals surface area (Å²) >= 11 is 3.55. The molecule has 4 nitrogen and oxygen atoms in total. The summed E-state index contributed by atoms with van der Waals surface area (Å²) in [5.41, 5.74) is 7.36. The first-order chi connectivity index (χ1) is 9.00. The van der Waals surface area contributed by atoms with Gasteiger partial charge in [0.1, 0.15) is 0 Å². The van der Waals surface area contributed by atoms with E-state index in [2.05, 4.69) is 28.0 Å². The first-order valence-electron chi connectivity index (χ1n) is 7.07. The van der Waals surface area contributed by atoms with E-state index < -0.39 is 0 Å². The quantitative estimate of drug-likeness (QED) is 0.923. The lowest BCUT2D eigenvalue weighted by Crippen LogP contribution is -2.47. The summed E-state index contributed by atoms with van der Waals surface area (Å²) in [6.07, 6.45) is 6.23. The van der Waals surface area contributed by atoms with Crippen LogP contribution < -0.4 is 5.73 Å². The average molecular weight is 330 g/mol. The van der Waals surface area contributed by atoms with Gasteiger partial charge in [-0.15, -0.1) is 0 Å². The highest BCUT2D eigenvalue weighted by Gasteiger charge is 2.42. The maximum absolute atomic E-state index is 6.57.